The third-order valence-electron chi connectivity index (χ3n) is 2.30. The van der Waals surface area contributed by atoms with Crippen LogP contribution in [0.4, 0.5) is 0 Å². The van der Waals surface area contributed by atoms with Crippen LogP contribution in [-0.2, 0) is 0 Å². The van der Waals surface area contributed by atoms with Gasteiger partial charge in [-0.3, -0.25) is 4.79 Å². The zero-order chi connectivity index (χ0) is 10.4. The van der Waals surface area contributed by atoms with Gasteiger partial charge in [-0.2, -0.15) is 0 Å². The largest absolute Gasteiger partial charge is 0.289 e. The normalized spacial score (nSPS) is 9.57. The molecular formula is C13H16O. The Bertz CT molecular complexity index is 316. The zero-order valence-electron chi connectivity index (χ0n) is 8.79. The molecule has 0 heterocycles. The lowest BCUT2D eigenvalue weighted by molar-refractivity contribution is 0.104. The van der Waals surface area contributed by atoms with Crippen LogP contribution in [0.3, 0.4) is 0 Å². The molecule has 0 unspecified atom stereocenters. The molecule has 1 nitrogen and oxygen atoms in total. The number of carbonyl (C=O) groups is 1. The van der Waals surface area contributed by atoms with Crippen LogP contribution in [0.25, 0.3) is 0 Å². The third kappa shape index (κ3) is 2.84. The van der Waals surface area contributed by atoms with Gasteiger partial charge >= 0.3 is 0 Å². The monoisotopic (exact) mass is 188 g/mol. The van der Waals surface area contributed by atoms with E-state index in [4.69, 9.17) is 0 Å². The fourth-order valence-corrected chi connectivity index (χ4v) is 1.33. The minimum atomic E-state index is 0.115. The van der Waals surface area contributed by atoms with Crippen LogP contribution < -0.4 is 0 Å². The first kappa shape index (κ1) is 10.7. The molecule has 1 aromatic carbocycles. The first-order valence-corrected chi connectivity index (χ1v) is 5.06. The van der Waals surface area contributed by atoms with E-state index in [0.29, 0.717) is 0 Å². The summed E-state index contributed by atoms with van der Waals surface area (Å²) < 4.78 is 0. The highest BCUT2D eigenvalue weighted by Gasteiger charge is 2.01. The molecule has 0 saturated heterocycles. The van der Waals surface area contributed by atoms with Gasteiger partial charge in [0.25, 0.3) is 0 Å². The van der Waals surface area contributed by atoms with E-state index in [0.717, 1.165) is 18.4 Å². The van der Waals surface area contributed by atoms with E-state index < -0.39 is 0 Å². The third-order valence-corrected chi connectivity index (χ3v) is 2.30. The maximum absolute atomic E-state index is 11.7. The van der Waals surface area contributed by atoms with Crippen molar-refractivity contribution in [2.75, 3.05) is 0 Å². The van der Waals surface area contributed by atoms with Gasteiger partial charge in [0.2, 0.25) is 0 Å². The van der Waals surface area contributed by atoms with Gasteiger partial charge in [0.15, 0.2) is 5.78 Å². The van der Waals surface area contributed by atoms with Gasteiger partial charge in [0.1, 0.15) is 0 Å². The summed E-state index contributed by atoms with van der Waals surface area (Å²) in [6, 6.07) is 9.39. The summed E-state index contributed by atoms with van der Waals surface area (Å²) in [6.07, 6.45) is 3.67. The van der Waals surface area contributed by atoms with E-state index >= 15 is 0 Å². The Morgan fingerprint density at radius 2 is 1.71 bits per heavy atom. The zero-order valence-corrected chi connectivity index (χ0v) is 8.79. The van der Waals surface area contributed by atoms with Gasteiger partial charge < -0.3 is 0 Å². The smallest absolute Gasteiger partial charge is 0.185 e. The van der Waals surface area contributed by atoms with Gasteiger partial charge in [-0.25, -0.2) is 0 Å². The van der Waals surface area contributed by atoms with E-state index in [1.54, 1.807) is 6.08 Å². The number of hydrogen-bond donors (Lipinski definition) is 0. The first-order chi connectivity index (χ1) is 6.77. The number of rotatable bonds is 4. The Kier molecular flexibility index (Phi) is 4.11. The van der Waals surface area contributed by atoms with Crippen molar-refractivity contribution < 1.29 is 4.79 Å². The Balaban J connectivity index is 2.82. The molecule has 0 N–H and O–H groups in total. The number of carbonyl (C=O) groups excluding carboxylic acids is 1. The summed E-state index contributed by atoms with van der Waals surface area (Å²) in [5.41, 5.74) is 1.98. The summed E-state index contributed by atoms with van der Waals surface area (Å²) in [6.45, 7) is 4.15. The molecule has 74 valence electrons. The molecule has 0 saturated carbocycles. The van der Waals surface area contributed by atoms with Crippen LogP contribution in [0.1, 0.15) is 37.0 Å². The Morgan fingerprint density at radius 3 is 2.21 bits per heavy atom. The highest BCUT2D eigenvalue weighted by Crippen LogP contribution is 2.08. The average molecular weight is 188 g/mol. The van der Waals surface area contributed by atoms with Crippen LogP contribution in [0.2, 0.25) is 0 Å². The maximum atomic E-state index is 11.7. The fourth-order valence-electron chi connectivity index (χ4n) is 1.33. The summed E-state index contributed by atoms with van der Waals surface area (Å²) in [7, 11) is 0. The molecule has 0 aliphatic rings. The number of hydrogen-bond acceptors (Lipinski definition) is 1. The second kappa shape index (κ2) is 5.38. The maximum Gasteiger partial charge on any atom is 0.185 e. The lowest BCUT2D eigenvalue weighted by atomic mass is 10.1. The quantitative estimate of drug-likeness (QED) is 0.521. The van der Waals surface area contributed by atoms with Gasteiger partial charge in [0.05, 0.1) is 0 Å². The van der Waals surface area contributed by atoms with Gasteiger partial charge in [-0.1, -0.05) is 49.8 Å². The SMILES string of the molecule is CCC(=CC(=O)c1ccccc1)CC. The van der Waals surface area contributed by atoms with Gasteiger partial charge in [-0.15, -0.1) is 0 Å². The predicted molar refractivity (Wildman–Crippen MR) is 59.4 cm³/mol. The lowest BCUT2D eigenvalue weighted by Gasteiger charge is -1.99. The standard InChI is InChI=1S/C13H16O/c1-3-11(4-2)10-13(14)12-8-6-5-7-9-12/h5-10H,3-4H2,1-2H3. The summed E-state index contributed by atoms with van der Waals surface area (Å²) in [5, 5.41) is 0. The van der Waals surface area contributed by atoms with Crippen molar-refractivity contribution in [2.45, 2.75) is 26.7 Å². The van der Waals surface area contributed by atoms with Gasteiger partial charge in [0, 0.05) is 5.56 Å². The minimum Gasteiger partial charge on any atom is -0.289 e. The molecule has 1 rings (SSSR count). The predicted octanol–water partition coefficient (Wildman–Crippen LogP) is 3.62. The first-order valence-electron chi connectivity index (χ1n) is 5.06. The van der Waals surface area contributed by atoms with Crippen LogP contribution in [0, 0.1) is 0 Å². The van der Waals surface area contributed by atoms with E-state index in [1.807, 2.05) is 30.3 Å². The molecule has 0 fully saturated rings. The number of allylic oxidation sites excluding steroid dienone is 2. The number of benzene rings is 1. The molecule has 0 amide bonds. The number of ketones is 1. The van der Waals surface area contributed by atoms with E-state index in [1.165, 1.54) is 5.57 Å². The minimum absolute atomic E-state index is 0.115. The van der Waals surface area contributed by atoms with Crippen molar-refractivity contribution in [2.24, 2.45) is 0 Å². The van der Waals surface area contributed by atoms with E-state index in [-0.39, 0.29) is 5.78 Å². The summed E-state index contributed by atoms with van der Waals surface area (Å²) >= 11 is 0. The molecule has 1 aromatic rings. The van der Waals surface area contributed by atoms with Crippen molar-refractivity contribution in [1.29, 1.82) is 0 Å². The second-order valence-electron chi connectivity index (χ2n) is 3.24. The van der Waals surface area contributed by atoms with Crippen molar-refractivity contribution in [3.8, 4) is 0 Å². The molecule has 0 aliphatic heterocycles. The second-order valence-corrected chi connectivity index (χ2v) is 3.24. The molecule has 0 spiro atoms. The van der Waals surface area contributed by atoms with Crippen molar-refractivity contribution in [3.05, 3.63) is 47.5 Å². The lowest BCUT2D eigenvalue weighted by Crippen LogP contribution is -1.95. The Hall–Kier alpha value is -1.37. The topological polar surface area (TPSA) is 17.1 Å². The summed E-state index contributed by atoms with van der Waals surface area (Å²) in [4.78, 5) is 11.7. The van der Waals surface area contributed by atoms with Crippen LogP contribution in [0.15, 0.2) is 42.0 Å². The molecule has 0 aliphatic carbocycles. The molecule has 0 radical (unpaired) electrons. The highest BCUT2D eigenvalue weighted by molar-refractivity contribution is 6.04. The molecule has 0 aromatic heterocycles. The molecule has 0 atom stereocenters. The molecular weight excluding hydrogens is 172 g/mol. The molecule has 14 heavy (non-hydrogen) atoms. The van der Waals surface area contributed by atoms with E-state index in [9.17, 15) is 4.79 Å². The summed E-state index contributed by atoms with van der Waals surface area (Å²) in [5.74, 6) is 0.115. The fraction of sp³-hybridized carbons (Fsp3) is 0.308. The van der Waals surface area contributed by atoms with Crippen molar-refractivity contribution in [3.63, 3.8) is 0 Å². The van der Waals surface area contributed by atoms with Gasteiger partial charge in [-0.05, 0) is 18.9 Å². The van der Waals surface area contributed by atoms with Crippen molar-refractivity contribution in [1.82, 2.24) is 0 Å². The average Bonchev–Trinajstić information content (AvgIpc) is 2.26. The van der Waals surface area contributed by atoms with Crippen LogP contribution in [-0.4, -0.2) is 5.78 Å². The van der Waals surface area contributed by atoms with Crippen molar-refractivity contribution >= 4 is 5.78 Å². The Morgan fingerprint density at radius 1 is 1.14 bits per heavy atom. The highest BCUT2D eigenvalue weighted by atomic mass is 16.1. The van der Waals surface area contributed by atoms with Crippen LogP contribution >= 0.6 is 0 Å². The van der Waals surface area contributed by atoms with E-state index in [2.05, 4.69) is 13.8 Å². The molecule has 1 heteroatoms. The Labute approximate surface area is 85.5 Å². The van der Waals surface area contributed by atoms with Crippen LogP contribution in [0.5, 0.6) is 0 Å². The molecule has 0 bridgehead atoms.